The number of carbonyl (C=O) groups excluding carboxylic acids is 2. The molecule has 3 N–H and O–H groups in total. The van der Waals surface area contributed by atoms with Gasteiger partial charge < -0.3 is 25.3 Å². The maximum atomic E-state index is 13.2. The van der Waals surface area contributed by atoms with Gasteiger partial charge in [0, 0.05) is 56.7 Å². The van der Waals surface area contributed by atoms with Gasteiger partial charge in [-0.2, -0.15) is 10.1 Å². The summed E-state index contributed by atoms with van der Waals surface area (Å²) in [6.07, 6.45) is 4.43. The maximum Gasteiger partial charge on any atom is 0.322 e. The molecule has 3 heterocycles. The first-order chi connectivity index (χ1) is 20.8. The molecule has 43 heavy (non-hydrogen) atoms. The van der Waals surface area contributed by atoms with Crippen LogP contribution in [-0.2, 0) is 22.5 Å². The summed E-state index contributed by atoms with van der Waals surface area (Å²) in [6.45, 7) is 3.06. The van der Waals surface area contributed by atoms with Crippen LogP contribution in [0, 0.1) is 0 Å². The van der Waals surface area contributed by atoms with E-state index in [2.05, 4.69) is 53.8 Å². The summed E-state index contributed by atoms with van der Waals surface area (Å²) >= 11 is 6.71. The molecule has 2 fully saturated rings. The number of likely N-dealkylation sites (tertiary alicyclic amines) is 1. The molecule has 0 radical (unpaired) electrons. The van der Waals surface area contributed by atoms with Crippen LogP contribution in [0.15, 0.2) is 62.3 Å². The van der Waals surface area contributed by atoms with Crippen LogP contribution in [0.4, 0.5) is 10.5 Å². The molecule has 0 saturated carbocycles. The number of hydrogen-bond acceptors (Lipinski definition) is 7. The summed E-state index contributed by atoms with van der Waals surface area (Å²) in [5.74, 6) is 2.16. The predicted octanol–water partition coefficient (Wildman–Crippen LogP) is 4.64. The number of hydroxylamine groups is 2. The Morgan fingerprint density at radius 1 is 1.14 bits per heavy atom. The number of aliphatic hydroxyl groups excluding tert-OH is 1. The highest BCUT2D eigenvalue weighted by Crippen LogP contribution is 2.34. The molecule has 10 nitrogen and oxygen atoms in total. The molecule has 2 saturated heterocycles. The van der Waals surface area contributed by atoms with Crippen LogP contribution in [0.25, 0.3) is 0 Å². The summed E-state index contributed by atoms with van der Waals surface area (Å²) < 4.78 is 0.994. The van der Waals surface area contributed by atoms with E-state index in [1.54, 1.807) is 23.4 Å². The van der Waals surface area contributed by atoms with Gasteiger partial charge in [-0.05, 0) is 99.0 Å². The van der Waals surface area contributed by atoms with Crippen molar-refractivity contribution in [2.75, 3.05) is 38.0 Å². The second-order valence-corrected chi connectivity index (χ2v) is 12.7. The molecule has 2 aromatic carbocycles. The van der Waals surface area contributed by atoms with Crippen molar-refractivity contribution in [2.24, 2.45) is 4.99 Å². The molecule has 0 aliphatic carbocycles. The molecule has 5 rings (SSSR count). The number of β-amino-alcohol motifs (C(OH)–C–C–N with tert-alkyl or cyclic N) is 1. The Labute approximate surface area is 267 Å². The number of amides is 3. The molecular weight excluding hydrogens is 682 g/mol. The Hall–Kier alpha value is -2.95. The number of aliphatic imine (C=N–C) groups is 1. The first-order valence-corrected chi connectivity index (χ1v) is 16.1. The van der Waals surface area contributed by atoms with Crippen molar-refractivity contribution >= 4 is 55.4 Å². The summed E-state index contributed by atoms with van der Waals surface area (Å²) in [6, 6.07) is 11.3. The Morgan fingerprint density at radius 2 is 1.88 bits per heavy atom. The van der Waals surface area contributed by atoms with E-state index in [1.165, 1.54) is 0 Å². The van der Waals surface area contributed by atoms with Crippen molar-refractivity contribution in [1.29, 1.82) is 0 Å². The fraction of sp³-hybridized carbons (Fsp3) is 0.452. The quantitative estimate of drug-likeness (QED) is 0.283. The Balaban J connectivity index is 1.24. The first-order valence-electron chi connectivity index (χ1n) is 14.5. The number of nitrogens with zero attached hydrogens (tertiary/aromatic N) is 4. The Kier molecular flexibility index (Phi) is 10.7. The van der Waals surface area contributed by atoms with Gasteiger partial charge in [0.15, 0.2) is 6.10 Å². The minimum atomic E-state index is -0.929. The van der Waals surface area contributed by atoms with Crippen molar-refractivity contribution < 1.29 is 24.6 Å². The molecule has 12 heteroatoms. The number of carbonyl (C=O) groups is 2. The van der Waals surface area contributed by atoms with Crippen LogP contribution in [0.2, 0.25) is 0 Å². The zero-order chi connectivity index (χ0) is 30.3. The standard InChI is InChI=1S/C31H35Br2N5O5/c32-25-17-21(18-26(33)29(25)40)19-28(30(41)34-11-4-13-36-12-3-6-24(39)20-36)43-37-14-9-23(10-15-37)38-16-8-22-5-1-2-7-27(22)35-31(38)42/h1-2,5,7,13,17-18,23-24,28,39-40H,3,6,8-10,12,14-16,19-20H2,(H,35,42)/t24-,28+/m0/s1. The number of para-hydroxylation sites is 1. The highest BCUT2D eigenvalue weighted by atomic mass is 79.9. The number of halogens is 2. The Bertz CT molecular complexity index is 1410. The van der Waals surface area contributed by atoms with E-state index in [0.717, 1.165) is 42.6 Å². The van der Waals surface area contributed by atoms with E-state index in [9.17, 15) is 19.8 Å². The number of aliphatic hydroxyl groups is 1. The molecule has 0 aromatic heterocycles. The summed E-state index contributed by atoms with van der Waals surface area (Å²) in [4.78, 5) is 40.3. The monoisotopic (exact) mass is 715 g/mol. The minimum Gasteiger partial charge on any atom is -0.506 e. The fourth-order valence-corrected chi connectivity index (χ4v) is 6.96. The molecule has 3 amide bonds. The smallest absolute Gasteiger partial charge is 0.322 e. The summed E-state index contributed by atoms with van der Waals surface area (Å²) in [5, 5.41) is 24.8. The van der Waals surface area contributed by atoms with Crippen LogP contribution in [0.1, 0.15) is 36.8 Å². The largest absolute Gasteiger partial charge is 0.506 e. The number of urea groups is 1. The summed E-state index contributed by atoms with van der Waals surface area (Å²) in [7, 11) is 0. The van der Waals surface area contributed by atoms with Crippen molar-refractivity contribution in [3.8, 4) is 5.75 Å². The van der Waals surface area contributed by atoms with E-state index in [-0.39, 0.29) is 30.3 Å². The highest BCUT2D eigenvalue weighted by molar-refractivity contribution is 9.11. The van der Waals surface area contributed by atoms with Crippen molar-refractivity contribution in [1.82, 2.24) is 14.9 Å². The number of fused-ring (bicyclic) bond motifs is 1. The molecule has 2 aromatic rings. The third kappa shape index (κ3) is 8.37. The zero-order valence-electron chi connectivity index (χ0n) is 23.7. The van der Waals surface area contributed by atoms with Gasteiger partial charge in [-0.25, -0.2) is 4.79 Å². The average molecular weight is 717 g/mol. The van der Waals surface area contributed by atoms with Crippen LogP contribution >= 0.6 is 31.9 Å². The zero-order valence-corrected chi connectivity index (χ0v) is 26.9. The van der Waals surface area contributed by atoms with Gasteiger partial charge >= 0.3 is 6.03 Å². The normalized spacial score (nSPS) is 20.3. The van der Waals surface area contributed by atoms with Gasteiger partial charge in [-0.15, -0.1) is 0 Å². The minimum absolute atomic E-state index is 0.0618. The molecular formula is C31H35Br2N5O5. The molecule has 0 bridgehead atoms. The number of piperidine rings is 2. The van der Waals surface area contributed by atoms with Gasteiger partial charge in [0.1, 0.15) is 5.75 Å². The molecule has 3 aliphatic rings. The average Bonchev–Trinajstić information content (AvgIpc) is 3.16. The predicted molar refractivity (Wildman–Crippen MR) is 170 cm³/mol. The SMILES string of the molecule is O=C(N=C=C=CN1CCC[C@H](O)C1)[C@@H](Cc1cc(Br)c(O)c(Br)c1)ON1CCC(N2CCc3ccccc3NC2=O)CC1. The van der Waals surface area contributed by atoms with Crippen molar-refractivity contribution in [2.45, 2.75) is 56.8 Å². The Morgan fingerprint density at radius 3 is 2.63 bits per heavy atom. The van der Waals surface area contributed by atoms with E-state index >= 15 is 0 Å². The second kappa shape index (κ2) is 14.7. The number of phenols is 1. The highest BCUT2D eigenvalue weighted by Gasteiger charge is 2.32. The number of benzene rings is 2. The van der Waals surface area contributed by atoms with Gasteiger partial charge in [0.2, 0.25) is 0 Å². The van der Waals surface area contributed by atoms with Gasteiger partial charge in [0.25, 0.3) is 5.91 Å². The van der Waals surface area contributed by atoms with Crippen LogP contribution in [-0.4, -0.2) is 93.9 Å². The molecule has 0 spiro atoms. The van der Waals surface area contributed by atoms with Gasteiger partial charge in [-0.1, -0.05) is 18.2 Å². The van der Waals surface area contributed by atoms with Crippen LogP contribution < -0.4 is 5.32 Å². The molecule has 2 atom stereocenters. The third-order valence-electron chi connectivity index (χ3n) is 7.96. The molecule has 228 valence electrons. The first kappa shape index (κ1) is 31.5. The van der Waals surface area contributed by atoms with E-state index in [0.29, 0.717) is 48.0 Å². The molecule has 3 aliphatic heterocycles. The van der Waals surface area contributed by atoms with Crippen LogP contribution in [0.5, 0.6) is 5.75 Å². The number of anilines is 1. The maximum absolute atomic E-state index is 13.2. The number of phenolic OH excluding ortho intramolecular Hbond substituents is 1. The molecule has 0 unspecified atom stereocenters. The number of hydrogen-bond donors (Lipinski definition) is 3. The second-order valence-electron chi connectivity index (χ2n) is 11.0. The number of rotatable bonds is 7. The topological polar surface area (TPSA) is 118 Å². The lowest BCUT2D eigenvalue weighted by Crippen LogP contribution is -2.49. The summed E-state index contributed by atoms with van der Waals surface area (Å²) in [5.41, 5.74) is 5.56. The van der Waals surface area contributed by atoms with Crippen molar-refractivity contribution in [3.63, 3.8) is 0 Å². The van der Waals surface area contributed by atoms with E-state index in [1.807, 2.05) is 34.1 Å². The van der Waals surface area contributed by atoms with Crippen molar-refractivity contribution in [3.05, 3.63) is 68.4 Å². The fourth-order valence-electron chi connectivity index (χ4n) is 5.68. The lowest BCUT2D eigenvalue weighted by atomic mass is 10.0. The van der Waals surface area contributed by atoms with Gasteiger partial charge in [0.05, 0.1) is 21.2 Å². The number of aromatic hydroxyl groups is 1. The van der Waals surface area contributed by atoms with E-state index in [4.69, 9.17) is 4.84 Å². The third-order valence-corrected chi connectivity index (χ3v) is 9.17. The van der Waals surface area contributed by atoms with E-state index < -0.39 is 12.0 Å². The lowest BCUT2D eigenvalue weighted by molar-refractivity contribution is -0.208. The lowest BCUT2D eigenvalue weighted by Gasteiger charge is -2.38. The van der Waals surface area contributed by atoms with Gasteiger partial charge in [-0.3, -0.25) is 9.63 Å². The number of nitrogens with one attached hydrogen (secondary N) is 1. The van der Waals surface area contributed by atoms with Crippen LogP contribution in [0.3, 0.4) is 0 Å².